The number of unbranched alkanes of at least 4 members (excludes halogenated alkanes) is 1. The summed E-state index contributed by atoms with van der Waals surface area (Å²) in [6, 6.07) is 9.34. The average Bonchev–Trinajstić information content (AvgIpc) is 2.83. The molecule has 3 rings (SSSR count). The van der Waals surface area contributed by atoms with Crippen molar-refractivity contribution in [3.8, 4) is 11.5 Å². The second-order valence-electron chi connectivity index (χ2n) is 8.01. The fourth-order valence-corrected chi connectivity index (χ4v) is 5.06. The minimum atomic E-state index is -4.14. The molecular weight excluding hydrogens is 447 g/mol. The van der Waals surface area contributed by atoms with Crippen molar-refractivity contribution in [1.29, 1.82) is 0 Å². The van der Waals surface area contributed by atoms with Crippen LogP contribution in [0.5, 0.6) is 11.5 Å². The van der Waals surface area contributed by atoms with Crippen LogP contribution in [0.3, 0.4) is 0 Å². The van der Waals surface area contributed by atoms with Gasteiger partial charge in [-0.1, -0.05) is 33.1 Å². The first-order chi connectivity index (χ1) is 15.8. The fourth-order valence-electron chi connectivity index (χ4n) is 3.62. The number of rotatable bonds is 11. The number of anilines is 1. The maximum absolute atomic E-state index is 13.5. The Morgan fingerprint density at radius 2 is 1.79 bits per heavy atom. The SMILES string of the molecule is CCCC[C@@H](CC)CNC(=O)CN(c1ccc(F)cc1)S(=O)(=O)c1ccc2c(c1)OCCO2. The van der Waals surface area contributed by atoms with E-state index >= 15 is 0 Å². The third-order valence-corrected chi connectivity index (χ3v) is 7.40. The molecule has 0 saturated carbocycles. The van der Waals surface area contributed by atoms with Crippen molar-refractivity contribution in [2.45, 2.75) is 44.4 Å². The zero-order valence-corrected chi connectivity index (χ0v) is 19.9. The topological polar surface area (TPSA) is 84.9 Å². The molecule has 1 N–H and O–H groups in total. The Labute approximate surface area is 194 Å². The highest BCUT2D eigenvalue weighted by Crippen LogP contribution is 2.34. The molecule has 1 atom stereocenters. The van der Waals surface area contributed by atoms with E-state index < -0.39 is 28.3 Å². The van der Waals surface area contributed by atoms with Gasteiger partial charge in [0.25, 0.3) is 10.0 Å². The lowest BCUT2D eigenvalue weighted by atomic mass is 9.99. The number of hydrogen-bond donors (Lipinski definition) is 1. The van der Waals surface area contributed by atoms with E-state index in [9.17, 15) is 17.6 Å². The van der Waals surface area contributed by atoms with Gasteiger partial charge in [-0.3, -0.25) is 9.10 Å². The third-order valence-electron chi connectivity index (χ3n) is 5.63. The summed E-state index contributed by atoms with van der Waals surface area (Å²) in [4.78, 5) is 12.7. The standard InChI is InChI=1S/C24H31FN2O5S/c1-3-5-6-18(4-2)16-26-24(28)17-27(20-9-7-19(25)8-10-20)33(29,30)21-11-12-22-23(15-21)32-14-13-31-22/h7-12,15,18H,3-6,13-14,16-17H2,1-2H3,(H,26,28)/t18-/m1/s1. The maximum atomic E-state index is 13.5. The van der Waals surface area contributed by atoms with Gasteiger partial charge in [-0.05, 0) is 48.7 Å². The molecule has 33 heavy (non-hydrogen) atoms. The predicted molar refractivity (Wildman–Crippen MR) is 125 cm³/mol. The van der Waals surface area contributed by atoms with Crippen LogP contribution in [0.2, 0.25) is 0 Å². The monoisotopic (exact) mass is 478 g/mol. The third kappa shape index (κ3) is 6.37. The first kappa shape index (κ1) is 24.8. The molecule has 1 aliphatic heterocycles. The highest BCUT2D eigenvalue weighted by molar-refractivity contribution is 7.92. The summed E-state index contributed by atoms with van der Waals surface area (Å²) in [5, 5.41) is 2.86. The highest BCUT2D eigenvalue weighted by Gasteiger charge is 2.29. The molecule has 0 fully saturated rings. The molecule has 0 aliphatic carbocycles. The number of halogens is 1. The van der Waals surface area contributed by atoms with Crippen molar-refractivity contribution in [2.75, 3.05) is 30.6 Å². The van der Waals surface area contributed by atoms with E-state index in [1.165, 1.54) is 30.3 Å². The Kier molecular flexibility index (Phi) is 8.55. The molecule has 0 aromatic heterocycles. The second kappa shape index (κ2) is 11.4. The summed E-state index contributed by atoms with van der Waals surface area (Å²) in [7, 11) is -4.14. The van der Waals surface area contributed by atoms with Gasteiger partial charge < -0.3 is 14.8 Å². The van der Waals surface area contributed by atoms with Gasteiger partial charge in [-0.15, -0.1) is 0 Å². The number of hydrogen-bond acceptors (Lipinski definition) is 5. The number of fused-ring (bicyclic) bond motifs is 1. The second-order valence-corrected chi connectivity index (χ2v) is 9.88. The molecule has 2 aromatic carbocycles. The number of nitrogens with one attached hydrogen (secondary N) is 1. The molecule has 180 valence electrons. The number of carbonyl (C=O) groups is 1. The molecule has 0 unspecified atom stereocenters. The maximum Gasteiger partial charge on any atom is 0.264 e. The van der Waals surface area contributed by atoms with Crippen LogP contribution in [0.1, 0.15) is 39.5 Å². The van der Waals surface area contributed by atoms with Gasteiger partial charge in [0.2, 0.25) is 5.91 Å². The van der Waals surface area contributed by atoms with E-state index in [-0.39, 0.29) is 10.6 Å². The Morgan fingerprint density at radius 3 is 2.45 bits per heavy atom. The lowest BCUT2D eigenvalue weighted by Gasteiger charge is -2.26. The summed E-state index contributed by atoms with van der Waals surface area (Å²) in [5.41, 5.74) is 0.194. The zero-order chi connectivity index (χ0) is 23.8. The zero-order valence-electron chi connectivity index (χ0n) is 19.1. The van der Waals surface area contributed by atoms with E-state index in [2.05, 4.69) is 19.2 Å². The Balaban J connectivity index is 1.84. The van der Waals surface area contributed by atoms with Crippen molar-refractivity contribution in [3.05, 3.63) is 48.3 Å². The van der Waals surface area contributed by atoms with Crippen LogP contribution in [0, 0.1) is 11.7 Å². The van der Waals surface area contributed by atoms with Crippen LogP contribution in [-0.2, 0) is 14.8 Å². The van der Waals surface area contributed by atoms with Crippen LogP contribution in [0.15, 0.2) is 47.4 Å². The smallest absolute Gasteiger partial charge is 0.264 e. The normalized spacial score (nSPS) is 13.9. The minimum Gasteiger partial charge on any atom is -0.486 e. The van der Waals surface area contributed by atoms with Gasteiger partial charge in [0.15, 0.2) is 11.5 Å². The first-order valence-corrected chi connectivity index (χ1v) is 12.7. The predicted octanol–water partition coefficient (Wildman–Crippen LogP) is 4.12. The molecule has 0 radical (unpaired) electrons. The van der Waals surface area contributed by atoms with Gasteiger partial charge in [-0.25, -0.2) is 12.8 Å². The first-order valence-electron chi connectivity index (χ1n) is 11.3. The number of ether oxygens (including phenoxy) is 2. The fraction of sp³-hybridized carbons (Fsp3) is 0.458. The van der Waals surface area contributed by atoms with Crippen molar-refractivity contribution in [3.63, 3.8) is 0 Å². The van der Waals surface area contributed by atoms with E-state index in [1.54, 1.807) is 0 Å². The van der Waals surface area contributed by atoms with Crippen LogP contribution >= 0.6 is 0 Å². The number of amides is 1. The lowest BCUT2D eigenvalue weighted by molar-refractivity contribution is -0.119. The van der Waals surface area contributed by atoms with Gasteiger partial charge in [0, 0.05) is 12.6 Å². The van der Waals surface area contributed by atoms with Gasteiger partial charge in [0.05, 0.1) is 10.6 Å². The van der Waals surface area contributed by atoms with Crippen molar-refractivity contribution in [2.24, 2.45) is 5.92 Å². The van der Waals surface area contributed by atoms with Crippen molar-refractivity contribution >= 4 is 21.6 Å². The minimum absolute atomic E-state index is 0.0433. The van der Waals surface area contributed by atoms with E-state index in [0.717, 1.165) is 42.1 Å². The van der Waals surface area contributed by atoms with Crippen molar-refractivity contribution in [1.82, 2.24) is 5.32 Å². The largest absolute Gasteiger partial charge is 0.486 e. The summed E-state index contributed by atoms with van der Waals surface area (Å²) >= 11 is 0. The molecule has 9 heteroatoms. The van der Waals surface area contributed by atoms with Gasteiger partial charge in [0.1, 0.15) is 25.6 Å². The molecular formula is C24H31FN2O5S. The molecule has 0 saturated heterocycles. The Bertz CT molecular complexity index is 1040. The number of sulfonamides is 1. The van der Waals surface area contributed by atoms with Crippen LogP contribution in [0.25, 0.3) is 0 Å². The molecule has 7 nitrogen and oxygen atoms in total. The van der Waals surface area contributed by atoms with Crippen molar-refractivity contribution < 1.29 is 27.1 Å². The molecule has 1 heterocycles. The molecule has 2 aromatic rings. The number of carbonyl (C=O) groups excluding carboxylic acids is 1. The highest BCUT2D eigenvalue weighted by atomic mass is 32.2. The number of nitrogens with zero attached hydrogens (tertiary/aromatic N) is 1. The van der Waals surface area contributed by atoms with E-state index in [1.807, 2.05) is 0 Å². The quantitative estimate of drug-likeness (QED) is 0.525. The summed E-state index contributed by atoms with van der Waals surface area (Å²) in [6.07, 6.45) is 4.09. The molecule has 1 aliphatic rings. The number of benzene rings is 2. The van der Waals surface area contributed by atoms with Gasteiger partial charge in [-0.2, -0.15) is 0 Å². The summed E-state index contributed by atoms with van der Waals surface area (Å²) in [5.74, 6) is 0.205. The van der Waals surface area contributed by atoms with Crippen LogP contribution in [0.4, 0.5) is 10.1 Å². The lowest BCUT2D eigenvalue weighted by Crippen LogP contribution is -2.42. The average molecular weight is 479 g/mol. The van der Waals surface area contributed by atoms with E-state index in [0.29, 0.717) is 37.2 Å². The summed E-state index contributed by atoms with van der Waals surface area (Å²) < 4.78 is 52.5. The van der Waals surface area contributed by atoms with Crippen LogP contribution < -0.4 is 19.1 Å². The van der Waals surface area contributed by atoms with Crippen LogP contribution in [-0.4, -0.2) is 40.6 Å². The van der Waals surface area contributed by atoms with E-state index in [4.69, 9.17) is 9.47 Å². The molecule has 0 bridgehead atoms. The van der Waals surface area contributed by atoms with Gasteiger partial charge >= 0.3 is 0 Å². The Hall–Kier alpha value is -2.81. The summed E-state index contributed by atoms with van der Waals surface area (Å²) in [6.45, 7) is 4.96. The molecule has 0 spiro atoms. The molecule has 1 amide bonds. The Morgan fingerprint density at radius 1 is 1.09 bits per heavy atom.